The zero-order valence-electron chi connectivity index (χ0n) is 13.5. The van der Waals surface area contributed by atoms with E-state index in [1.54, 1.807) is 4.90 Å². The topological polar surface area (TPSA) is 95.1 Å². The number of rotatable bonds is 3. The number of likely N-dealkylation sites (tertiary alicyclic amines) is 1. The maximum Gasteiger partial charge on any atom is 0.289 e. The van der Waals surface area contributed by atoms with Gasteiger partial charge in [-0.05, 0) is 19.3 Å². The van der Waals surface area contributed by atoms with E-state index in [0.717, 1.165) is 11.8 Å². The van der Waals surface area contributed by atoms with Crippen LogP contribution in [-0.2, 0) is 19.6 Å². The van der Waals surface area contributed by atoms with E-state index in [9.17, 15) is 22.8 Å². The quantitative estimate of drug-likeness (QED) is 0.687. The summed E-state index contributed by atoms with van der Waals surface area (Å²) in [6.45, 7) is 1.67. The van der Waals surface area contributed by atoms with Crippen LogP contribution < -0.4 is 0 Å². The average Bonchev–Trinajstić information content (AvgIpc) is 3.13. The molecule has 0 bridgehead atoms. The Kier molecular flexibility index (Phi) is 4.89. The van der Waals surface area contributed by atoms with E-state index in [-0.39, 0.29) is 34.8 Å². The van der Waals surface area contributed by atoms with Crippen LogP contribution in [0.2, 0.25) is 0 Å². The van der Waals surface area contributed by atoms with E-state index in [4.69, 9.17) is 0 Å². The number of carbonyl (C=O) groups is 3. The minimum Gasteiger partial charge on any atom is -0.340 e. The molecule has 0 radical (unpaired) electrons. The normalized spacial score (nSPS) is 27.3. The lowest BCUT2D eigenvalue weighted by atomic mass is 9.96. The third kappa shape index (κ3) is 3.45. The standard InChI is InChI=1S/C14H21N3O5S2/c1-24(21,22)16-6-2-10(3-7-16)13(19)15-5-4-11(8-15)17-12(18)9-23-14(17)20/h10-11H,2-9H2,1H3. The molecule has 134 valence electrons. The van der Waals surface area contributed by atoms with Crippen molar-refractivity contribution in [1.82, 2.24) is 14.1 Å². The largest absolute Gasteiger partial charge is 0.340 e. The molecule has 24 heavy (non-hydrogen) atoms. The van der Waals surface area contributed by atoms with Crippen molar-refractivity contribution in [3.05, 3.63) is 0 Å². The van der Waals surface area contributed by atoms with Gasteiger partial charge in [-0.2, -0.15) is 0 Å². The number of carbonyl (C=O) groups excluding carboxylic acids is 3. The Hall–Kier alpha value is -1.13. The summed E-state index contributed by atoms with van der Waals surface area (Å²) in [4.78, 5) is 39.2. The van der Waals surface area contributed by atoms with Gasteiger partial charge in [-0.1, -0.05) is 11.8 Å². The monoisotopic (exact) mass is 375 g/mol. The van der Waals surface area contributed by atoms with Gasteiger partial charge in [0.25, 0.3) is 5.24 Å². The zero-order valence-corrected chi connectivity index (χ0v) is 15.1. The number of nitrogens with zero attached hydrogens (tertiary/aromatic N) is 3. The van der Waals surface area contributed by atoms with E-state index >= 15 is 0 Å². The van der Waals surface area contributed by atoms with Gasteiger partial charge in [-0.15, -0.1) is 0 Å². The first kappa shape index (κ1) is 17.7. The van der Waals surface area contributed by atoms with E-state index in [1.807, 2.05) is 0 Å². The molecule has 1 unspecified atom stereocenters. The Morgan fingerprint density at radius 1 is 1.12 bits per heavy atom. The summed E-state index contributed by atoms with van der Waals surface area (Å²) in [5.41, 5.74) is 0. The summed E-state index contributed by atoms with van der Waals surface area (Å²) in [5.74, 6) is -0.156. The molecule has 0 aromatic heterocycles. The van der Waals surface area contributed by atoms with Gasteiger partial charge in [0.05, 0.1) is 18.1 Å². The van der Waals surface area contributed by atoms with E-state index in [2.05, 4.69) is 0 Å². The van der Waals surface area contributed by atoms with Crippen molar-refractivity contribution in [2.45, 2.75) is 25.3 Å². The Balaban J connectivity index is 1.56. The summed E-state index contributed by atoms with van der Waals surface area (Å²) >= 11 is 1.01. The first-order chi connectivity index (χ1) is 11.3. The summed E-state index contributed by atoms with van der Waals surface area (Å²) in [6, 6.07) is -0.222. The van der Waals surface area contributed by atoms with Crippen molar-refractivity contribution in [2.24, 2.45) is 5.92 Å². The van der Waals surface area contributed by atoms with Crippen LogP contribution in [0.4, 0.5) is 4.79 Å². The number of imide groups is 1. The Morgan fingerprint density at radius 3 is 2.33 bits per heavy atom. The lowest BCUT2D eigenvalue weighted by Crippen LogP contribution is -2.45. The van der Waals surface area contributed by atoms with Gasteiger partial charge in [0.15, 0.2) is 0 Å². The van der Waals surface area contributed by atoms with Gasteiger partial charge in [-0.3, -0.25) is 19.3 Å². The fourth-order valence-electron chi connectivity index (χ4n) is 3.56. The third-order valence-corrected chi connectivity index (χ3v) is 7.04. The first-order valence-electron chi connectivity index (χ1n) is 8.00. The van der Waals surface area contributed by atoms with Crippen molar-refractivity contribution in [2.75, 3.05) is 38.2 Å². The minimum absolute atomic E-state index is 0.0115. The molecule has 8 nitrogen and oxygen atoms in total. The molecule has 3 aliphatic rings. The van der Waals surface area contributed by atoms with Crippen LogP contribution in [0, 0.1) is 5.92 Å². The molecule has 0 spiro atoms. The maximum absolute atomic E-state index is 12.6. The van der Waals surface area contributed by atoms with E-state index in [1.165, 1.54) is 15.5 Å². The number of amides is 3. The van der Waals surface area contributed by atoms with Gasteiger partial charge in [0.2, 0.25) is 21.8 Å². The minimum atomic E-state index is -3.20. The molecule has 3 saturated heterocycles. The van der Waals surface area contributed by atoms with E-state index in [0.29, 0.717) is 45.4 Å². The number of hydrogen-bond donors (Lipinski definition) is 0. The maximum atomic E-state index is 12.6. The van der Waals surface area contributed by atoms with Crippen molar-refractivity contribution in [3.8, 4) is 0 Å². The highest BCUT2D eigenvalue weighted by Crippen LogP contribution is 2.28. The van der Waals surface area contributed by atoms with Gasteiger partial charge in [0, 0.05) is 32.1 Å². The molecule has 1 atom stereocenters. The predicted octanol–water partition coefficient (Wildman–Crippen LogP) is -0.0457. The van der Waals surface area contributed by atoms with Crippen LogP contribution in [0.25, 0.3) is 0 Å². The predicted molar refractivity (Wildman–Crippen MR) is 88.8 cm³/mol. The Labute approximate surface area is 145 Å². The van der Waals surface area contributed by atoms with Crippen LogP contribution in [0.15, 0.2) is 0 Å². The SMILES string of the molecule is CS(=O)(=O)N1CCC(C(=O)N2CCC(N3C(=O)CSC3=O)C2)CC1. The highest BCUT2D eigenvalue weighted by atomic mass is 32.2. The van der Waals surface area contributed by atoms with Crippen molar-refractivity contribution >= 4 is 38.8 Å². The molecule has 0 aliphatic carbocycles. The van der Waals surface area contributed by atoms with Crippen LogP contribution in [0.1, 0.15) is 19.3 Å². The van der Waals surface area contributed by atoms with Gasteiger partial charge in [0.1, 0.15) is 0 Å². The molecule has 3 amide bonds. The lowest BCUT2D eigenvalue weighted by Gasteiger charge is -2.32. The first-order valence-corrected chi connectivity index (χ1v) is 10.8. The molecule has 3 rings (SSSR count). The highest BCUT2D eigenvalue weighted by molar-refractivity contribution is 8.14. The summed E-state index contributed by atoms with van der Waals surface area (Å²) in [7, 11) is -3.20. The van der Waals surface area contributed by atoms with Crippen LogP contribution >= 0.6 is 11.8 Å². The second-order valence-corrected chi connectivity index (χ2v) is 9.39. The average molecular weight is 375 g/mol. The second kappa shape index (κ2) is 6.64. The van der Waals surface area contributed by atoms with Crippen LogP contribution in [0.3, 0.4) is 0 Å². The van der Waals surface area contributed by atoms with Gasteiger partial charge in [-0.25, -0.2) is 12.7 Å². The molecule has 3 fully saturated rings. The Morgan fingerprint density at radius 2 is 1.79 bits per heavy atom. The van der Waals surface area contributed by atoms with Crippen molar-refractivity contribution < 1.29 is 22.8 Å². The number of piperidine rings is 1. The summed E-state index contributed by atoms with van der Waals surface area (Å²) < 4.78 is 24.5. The molecular formula is C14H21N3O5S2. The smallest absolute Gasteiger partial charge is 0.289 e. The fraction of sp³-hybridized carbons (Fsp3) is 0.786. The number of hydrogen-bond acceptors (Lipinski definition) is 6. The zero-order chi connectivity index (χ0) is 17.5. The van der Waals surface area contributed by atoms with Crippen molar-refractivity contribution in [3.63, 3.8) is 0 Å². The van der Waals surface area contributed by atoms with Crippen LogP contribution in [0.5, 0.6) is 0 Å². The lowest BCUT2D eigenvalue weighted by molar-refractivity contribution is -0.136. The summed E-state index contributed by atoms with van der Waals surface area (Å²) in [6.07, 6.45) is 2.84. The van der Waals surface area contributed by atoms with Gasteiger partial charge < -0.3 is 4.90 Å². The molecule has 0 aromatic carbocycles. The number of sulfonamides is 1. The number of thioether (sulfide) groups is 1. The Bertz CT molecular complexity index is 641. The molecule has 0 saturated carbocycles. The fourth-order valence-corrected chi connectivity index (χ4v) is 5.21. The second-order valence-electron chi connectivity index (χ2n) is 6.48. The van der Waals surface area contributed by atoms with Crippen molar-refractivity contribution in [1.29, 1.82) is 0 Å². The molecule has 3 heterocycles. The highest BCUT2D eigenvalue weighted by Gasteiger charge is 2.41. The molecule has 3 aliphatic heterocycles. The van der Waals surface area contributed by atoms with E-state index < -0.39 is 10.0 Å². The summed E-state index contributed by atoms with van der Waals surface area (Å²) in [5, 5.41) is -0.222. The molecule has 10 heteroatoms. The third-order valence-electron chi connectivity index (χ3n) is 4.90. The molecular weight excluding hydrogens is 354 g/mol. The van der Waals surface area contributed by atoms with Crippen LogP contribution in [-0.4, -0.2) is 83.8 Å². The molecule has 0 N–H and O–H groups in total. The van der Waals surface area contributed by atoms with Gasteiger partial charge >= 0.3 is 0 Å². The molecule has 0 aromatic rings.